The molecule has 0 aliphatic heterocycles. The van der Waals surface area contributed by atoms with E-state index in [2.05, 4.69) is 16.9 Å². The molecule has 0 radical (unpaired) electrons. The Labute approximate surface area is 112 Å². The van der Waals surface area contributed by atoms with E-state index in [4.69, 9.17) is 17.3 Å². The lowest BCUT2D eigenvalue weighted by Gasteiger charge is -2.08. The average Bonchev–Trinajstić information content (AvgIpc) is 2.28. The third-order valence-electron chi connectivity index (χ3n) is 2.90. The molecule has 1 heterocycles. The standard InChI is InChI=1S/C14H16ClN3/c1-3-12-9(2)17-13(18-14(12)16)8-10-5-4-6-11(15)7-10/h4-7H,3,8H2,1-2H3,(H2,16,17,18). The Hall–Kier alpha value is -1.61. The predicted octanol–water partition coefficient (Wildman–Crippen LogP) is 3.17. The lowest BCUT2D eigenvalue weighted by molar-refractivity contribution is 0.913. The van der Waals surface area contributed by atoms with Crippen molar-refractivity contribution in [3.05, 3.63) is 51.9 Å². The van der Waals surface area contributed by atoms with Gasteiger partial charge >= 0.3 is 0 Å². The molecule has 2 aromatic rings. The number of halogens is 1. The maximum Gasteiger partial charge on any atom is 0.135 e. The van der Waals surface area contributed by atoms with Crippen LogP contribution in [0.4, 0.5) is 5.82 Å². The number of rotatable bonds is 3. The fourth-order valence-corrected chi connectivity index (χ4v) is 2.24. The van der Waals surface area contributed by atoms with E-state index < -0.39 is 0 Å². The summed E-state index contributed by atoms with van der Waals surface area (Å²) in [6.45, 7) is 4.02. The van der Waals surface area contributed by atoms with Crippen molar-refractivity contribution >= 4 is 17.4 Å². The Kier molecular flexibility index (Phi) is 3.82. The molecule has 0 atom stereocenters. The van der Waals surface area contributed by atoms with Crippen molar-refractivity contribution in [2.45, 2.75) is 26.7 Å². The number of anilines is 1. The maximum absolute atomic E-state index is 5.96. The van der Waals surface area contributed by atoms with Gasteiger partial charge in [-0.15, -0.1) is 0 Å². The number of nitrogens with two attached hydrogens (primary N) is 1. The van der Waals surface area contributed by atoms with Gasteiger partial charge < -0.3 is 5.73 Å². The zero-order chi connectivity index (χ0) is 13.1. The van der Waals surface area contributed by atoms with Crippen LogP contribution in [-0.2, 0) is 12.8 Å². The van der Waals surface area contributed by atoms with E-state index in [1.54, 1.807) is 0 Å². The lowest BCUT2D eigenvalue weighted by atomic mass is 10.1. The summed E-state index contributed by atoms with van der Waals surface area (Å²) >= 11 is 5.96. The van der Waals surface area contributed by atoms with Crippen molar-refractivity contribution in [2.24, 2.45) is 0 Å². The van der Waals surface area contributed by atoms with Crippen molar-refractivity contribution in [3.8, 4) is 0 Å². The highest BCUT2D eigenvalue weighted by Crippen LogP contribution is 2.17. The monoisotopic (exact) mass is 261 g/mol. The summed E-state index contributed by atoms with van der Waals surface area (Å²) in [6.07, 6.45) is 1.50. The van der Waals surface area contributed by atoms with Crippen LogP contribution in [0, 0.1) is 6.92 Å². The molecule has 1 aromatic carbocycles. The summed E-state index contributed by atoms with van der Waals surface area (Å²) in [6, 6.07) is 7.71. The quantitative estimate of drug-likeness (QED) is 0.923. The SMILES string of the molecule is CCc1c(C)nc(Cc2cccc(Cl)c2)nc1N. The highest BCUT2D eigenvalue weighted by Gasteiger charge is 2.08. The molecule has 0 unspecified atom stereocenters. The third-order valence-corrected chi connectivity index (χ3v) is 3.13. The summed E-state index contributed by atoms with van der Waals surface area (Å²) in [4.78, 5) is 8.85. The summed E-state index contributed by atoms with van der Waals surface area (Å²) in [5.74, 6) is 1.33. The smallest absolute Gasteiger partial charge is 0.135 e. The van der Waals surface area contributed by atoms with Gasteiger partial charge in [0, 0.05) is 22.7 Å². The zero-order valence-corrected chi connectivity index (χ0v) is 11.3. The highest BCUT2D eigenvalue weighted by molar-refractivity contribution is 6.30. The second kappa shape index (κ2) is 5.36. The summed E-state index contributed by atoms with van der Waals surface area (Å²) < 4.78 is 0. The summed E-state index contributed by atoms with van der Waals surface area (Å²) in [5.41, 5.74) is 9.02. The van der Waals surface area contributed by atoms with Crippen LogP contribution >= 0.6 is 11.6 Å². The fraction of sp³-hybridized carbons (Fsp3) is 0.286. The van der Waals surface area contributed by atoms with E-state index in [0.717, 1.165) is 34.1 Å². The fourth-order valence-electron chi connectivity index (χ4n) is 2.02. The van der Waals surface area contributed by atoms with Gasteiger partial charge in [-0.2, -0.15) is 0 Å². The molecule has 3 nitrogen and oxygen atoms in total. The molecule has 18 heavy (non-hydrogen) atoms. The van der Waals surface area contributed by atoms with Crippen LogP contribution < -0.4 is 5.73 Å². The number of aromatic nitrogens is 2. The number of aryl methyl sites for hydroxylation is 1. The number of hydrogen-bond acceptors (Lipinski definition) is 3. The minimum atomic E-state index is 0.585. The van der Waals surface area contributed by atoms with Crippen molar-refractivity contribution in [3.63, 3.8) is 0 Å². The molecule has 0 aliphatic carbocycles. The van der Waals surface area contributed by atoms with E-state index in [1.807, 2.05) is 31.2 Å². The zero-order valence-electron chi connectivity index (χ0n) is 10.6. The van der Waals surface area contributed by atoms with Gasteiger partial charge in [0.1, 0.15) is 11.6 Å². The van der Waals surface area contributed by atoms with E-state index in [1.165, 1.54) is 0 Å². The van der Waals surface area contributed by atoms with Crippen LogP contribution in [0.5, 0.6) is 0 Å². The van der Waals surface area contributed by atoms with Gasteiger partial charge in [-0.3, -0.25) is 0 Å². The minimum Gasteiger partial charge on any atom is -0.383 e. The second-order valence-corrected chi connectivity index (χ2v) is 4.69. The molecular formula is C14H16ClN3. The molecular weight excluding hydrogens is 246 g/mol. The van der Waals surface area contributed by atoms with Crippen LogP contribution in [0.3, 0.4) is 0 Å². The minimum absolute atomic E-state index is 0.585. The Bertz CT molecular complexity index is 544. The molecule has 0 fully saturated rings. The van der Waals surface area contributed by atoms with Crippen molar-refractivity contribution in [1.29, 1.82) is 0 Å². The first-order chi connectivity index (χ1) is 8.60. The summed E-state index contributed by atoms with van der Waals surface area (Å²) in [7, 11) is 0. The number of nitrogens with zero attached hydrogens (tertiary/aromatic N) is 2. The van der Waals surface area contributed by atoms with Crippen molar-refractivity contribution in [2.75, 3.05) is 5.73 Å². The largest absolute Gasteiger partial charge is 0.383 e. The topological polar surface area (TPSA) is 51.8 Å². The number of benzene rings is 1. The van der Waals surface area contributed by atoms with Crippen LogP contribution in [-0.4, -0.2) is 9.97 Å². The van der Waals surface area contributed by atoms with Gasteiger partial charge in [-0.25, -0.2) is 9.97 Å². The van der Waals surface area contributed by atoms with E-state index in [0.29, 0.717) is 12.2 Å². The molecule has 2 rings (SSSR count). The first kappa shape index (κ1) is 12.8. The second-order valence-electron chi connectivity index (χ2n) is 4.25. The van der Waals surface area contributed by atoms with Crippen molar-refractivity contribution in [1.82, 2.24) is 9.97 Å². The summed E-state index contributed by atoms with van der Waals surface area (Å²) in [5, 5.41) is 0.724. The number of hydrogen-bond donors (Lipinski definition) is 1. The Morgan fingerprint density at radius 3 is 2.67 bits per heavy atom. The van der Waals surface area contributed by atoms with Crippen LogP contribution in [0.2, 0.25) is 5.02 Å². The van der Waals surface area contributed by atoms with E-state index in [-0.39, 0.29) is 0 Å². The van der Waals surface area contributed by atoms with Crippen LogP contribution in [0.15, 0.2) is 24.3 Å². The molecule has 0 bridgehead atoms. The first-order valence-corrected chi connectivity index (χ1v) is 6.34. The van der Waals surface area contributed by atoms with Gasteiger partial charge in [0.05, 0.1) is 0 Å². The van der Waals surface area contributed by atoms with Gasteiger partial charge in [0.2, 0.25) is 0 Å². The predicted molar refractivity (Wildman–Crippen MR) is 74.8 cm³/mol. The van der Waals surface area contributed by atoms with Crippen LogP contribution in [0.25, 0.3) is 0 Å². The van der Waals surface area contributed by atoms with E-state index >= 15 is 0 Å². The highest BCUT2D eigenvalue weighted by atomic mass is 35.5. The molecule has 2 N–H and O–H groups in total. The molecule has 94 valence electrons. The first-order valence-electron chi connectivity index (χ1n) is 5.96. The Morgan fingerprint density at radius 2 is 2.06 bits per heavy atom. The van der Waals surface area contributed by atoms with Gasteiger partial charge in [0.25, 0.3) is 0 Å². The Balaban J connectivity index is 2.30. The van der Waals surface area contributed by atoms with Crippen LogP contribution in [0.1, 0.15) is 29.6 Å². The molecule has 4 heteroatoms. The van der Waals surface area contributed by atoms with Crippen molar-refractivity contribution < 1.29 is 0 Å². The number of nitrogen functional groups attached to an aromatic ring is 1. The maximum atomic E-state index is 5.96. The molecule has 0 amide bonds. The molecule has 1 aromatic heterocycles. The van der Waals surface area contributed by atoms with Gasteiger partial charge in [-0.05, 0) is 31.0 Å². The molecule has 0 saturated heterocycles. The molecule has 0 aliphatic rings. The Morgan fingerprint density at radius 1 is 1.28 bits per heavy atom. The molecule has 0 saturated carbocycles. The van der Waals surface area contributed by atoms with Gasteiger partial charge in [-0.1, -0.05) is 30.7 Å². The lowest BCUT2D eigenvalue weighted by Crippen LogP contribution is -2.07. The molecule has 0 spiro atoms. The third kappa shape index (κ3) is 2.79. The van der Waals surface area contributed by atoms with Gasteiger partial charge in [0.15, 0.2) is 0 Å². The normalized spacial score (nSPS) is 10.6. The average molecular weight is 262 g/mol. The van der Waals surface area contributed by atoms with E-state index in [9.17, 15) is 0 Å².